The zero-order valence-electron chi connectivity index (χ0n) is 16.7. The molecule has 0 aliphatic heterocycles. The Bertz CT molecular complexity index is 1080. The van der Waals surface area contributed by atoms with E-state index < -0.39 is 26.5 Å². The molecule has 0 aromatic carbocycles. The fraction of sp³-hybridized carbons (Fsp3) is 0.400. The number of carbonyl (C=O) groups excluding carboxylic acids is 1. The SMILES string of the molecule is CN(C(=O)OC(C)(C)C)c1ccc2ccn(S(=O)(=O)C3(C)C=CC=CC3)c2n1. The summed E-state index contributed by atoms with van der Waals surface area (Å²) in [5.41, 5.74) is -0.369. The molecular weight excluding hydrogens is 378 g/mol. The van der Waals surface area contributed by atoms with E-state index in [0.29, 0.717) is 17.6 Å². The first-order valence-electron chi connectivity index (χ1n) is 8.99. The Hall–Kier alpha value is -2.61. The Labute approximate surface area is 165 Å². The van der Waals surface area contributed by atoms with Gasteiger partial charge in [0.25, 0.3) is 0 Å². The lowest BCUT2D eigenvalue weighted by molar-refractivity contribution is 0.0588. The first-order chi connectivity index (χ1) is 12.9. The number of hydrogen-bond acceptors (Lipinski definition) is 5. The van der Waals surface area contributed by atoms with Gasteiger partial charge in [-0.2, -0.15) is 0 Å². The van der Waals surface area contributed by atoms with Crippen LogP contribution < -0.4 is 4.90 Å². The standard InChI is InChI=1S/C20H25N3O4S/c1-19(2,3)27-18(24)22(5)16-10-9-15-11-14-23(17(15)21-16)28(25,26)20(4)12-7-6-8-13-20/h6-12,14H,13H2,1-5H3. The molecule has 1 aliphatic carbocycles. The summed E-state index contributed by atoms with van der Waals surface area (Å²) in [6, 6.07) is 5.10. The molecule has 8 heteroatoms. The highest BCUT2D eigenvalue weighted by Gasteiger charge is 2.39. The number of carbonyl (C=O) groups is 1. The van der Waals surface area contributed by atoms with Crippen molar-refractivity contribution in [3.63, 3.8) is 0 Å². The van der Waals surface area contributed by atoms with Gasteiger partial charge in [-0.15, -0.1) is 0 Å². The van der Waals surface area contributed by atoms with Gasteiger partial charge in [0, 0.05) is 18.6 Å². The van der Waals surface area contributed by atoms with Gasteiger partial charge in [0.2, 0.25) is 10.0 Å². The summed E-state index contributed by atoms with van der Waals surface area (Å²) < 4.78 is 32.1. The van der Waals surface area contributed by atoms with Gasteiger partial charge in [-0.25, -0.2) is 22.2 Å². The Balaban J connectivity index is 2.03. The third-order valence-corrected chi connectivity index (χ3v) is 6.86. The summed E-state index contributed by atoms with van der Waals surface area (Å²) in [6.45, 7) is 7.02. The molecule has 3 rings (SSSR count). The second kappa shape index (κ2) is 6.77. The van der Waals surface area contributed by atoms with Gasteiger partial charge in [0.05, 0.1) is 0 Å². The fourth-order valence-corrected chi connectivity index (χ4v) is 4.50. The Morgan fingerprint density at radius 2 is 1.96 bits per heavy atom. The van der Waals surface area contributed by atoms with Crippen LogP contribution in [-0.2, 0) is 14.8 Å². The Morgan fingerprint density at radius 1 is 1.25 bits per heavy atom. The summed E-state index contributed by atoms with van der Waals surface area (Å²) >= 11 is 0. The van der Waals surface area contributed by atoms with E-state index in [1.807, 2.05) is 12.2 Å². The topological polar surface area (TPSA) is 81.5 Å². The van der Waals surface area contributed by atoms with Gasteiger partial charge in [-0.05, 0) is 52.3 Å². The molecular formula is C20H25N3O4S. The van der Waals surface area contributed by atoms with Crippen LogP contribution >= 0.6 is 0 Å². The number of pyridine rings is 1. The number of rotatable bonds is 3. The van der Waals surface area contributed by atoms with Crippen LogP contribution in [-0.4, -0.2) is 40.9 Å². The van der Waals surface area contributed by atoms with E-state index in [1.165, 1.54) is 15.1 Å². The van der Waals surface area contributed by atoms with Crippen molar-refractivity contribution in [3.8, 4) is 0 Å². The molecule has 1 aliphatic rings. The zero-order valence-corrected chi connectivity index (χ0v) is 17.5. The van der Waals surface area contributed by atoms with Crippen molar-refractivity contribution < 1.29 is 17.9 Å². The first-order valence-corrected chi connectivity index (χ1v) is 10.4. The van der Waals surface area contributed by atoms with E-state index in [2.05, 4.69) is 4.98 Å². The predicted molar refractivity (Wildman–Crippen MR) is 110 cm³/mol. The van der Waals surface area contributed by atoms with Crippen LogP contribution in [0, 0.1) is 0 Å². The van der Waals surface area contributed by atoms with Gasteiger partial charge in [0.1, 0.15) is 16.2 Å². The minimum Gasteiger partial charge on any atom is -0.443 e. The van der Waals surface area contributed by atoms with Crippen LogP contribution in [0.5, 0.6) is 0 Å². The Morgan fingerprint density at radius 3 is 2.57 bits per heavy atom. The van der Waals surface area contributed by atoms with Gasteiger partial charge in [-0.3, -0.25) is 4.90 Å². The number of aromatic nitrogens is 2. The number of ether oxygens (including phenoxy) is 1. The molecule has 1 atom stereocenters. The molecule has 0 fully saturated rings. The summed E-state index contributed by atoms with van der Waals surface area (Å²) in [5, 5.41) is 0.670. The molecule has 0 bridgehead atoms. The highest BCUT2D eigenvalue weighted by molar-refractivity contribution is 7.91. The van der Waals surface area contributed by atoms with Crippen LogP contribution in [0.1, 0.15) is 34.1 Å². The minimum absolute atomic E-state index is 0.275. The van der Waals surface area contributed by atoms with Gasteiger partial charge in [-0.1, -0.05) is 24.3 Å². The number of nitrogens with zero attached hydrogens (tertiary/aromatic N) is 3. The van der Waals surface area contributed by atoms with Crippen LogP contribution in [0.25, 0.3) is 11.0 Å². The minimum atomic E-state index is -3.75. The average Bonchev–Trinajstić information content (AvgIpc) is 3.04. The molecule has 0 radical (unpaired) electrons. The number of fused-ring (bicyclic) bond motifs is 1. The van der Waals surface area contributed by atoms with E-state index in [1.54, 1.807) is 65.1 Å². The summed E-state index contributed by atoms with van der Waals surface area (Å²) in [4.78, 5) is 18.0. The predicted octanol–water partition coefficient (Wildman–Crippen LogP) is 3.86. The highest BCUT2D eigenvalue weighted by atomic mass is 32.2. The van der Waals surface area contributed by atoms with E-state index in [0.717, 1.165) is 0 Å². The van der Waals surface area contributed by atoms with Crippen LogP contribution in [0.15, 0.2) is 48.7 Å². The highest BCUT2D eigenvalue weighted by Crippen LogP contribution is 2.31. The lowest BCUT2D eigenvalue weighted by Gasteiger charge is -2.27. The van der Waals surface area contributed by atoms with Gasteiger partial charge < -0.3 is 4.74 Å². The first kappa shape index (κ1) is 20.1. The molecule has 2 heterocycles. The third-order valence-electron chi connectivity index (χ3n) is 4.57. The van der Waals surface area contributed by atoms with Crippen LogP contribution in [0.4, 0.5) is 10.6 Å². The van der Waals surface area contributed by atoms with Crippen LogP contribution in [0.2, 0.25) is 0 Å². The summed E-state index contributed by atoms with van der Waals surface area (Å²) in [7, 11) is -2.21. The second-order valence-electron chi connectivity index (χ2n) is 8.04. The number of allylic oxidation sites excluding steroid dienone is 3. The lowest BCUT2D eigenvalue weighted by atomic mass is 10.0. The molecule has 0 saturated heterocycles. The van der Waals surface area contributed by atoms with Crippen molar-refractivity contribution in [1.29, 1.82) is 0 Å². The summed E-state index contributed by atoms with van der Waals surface area (Å²) in [5.74, 6) is 0.307. The van der Waals surface area contributed by atoms with Crippen molar-refractivity contribution in [2.24, 2.45) is 0 Å². The molecule has 150 valence electrons. The largest absolute Gasteiger partial charge is 0.443 e. The van der Waals surface area contributed by atoms with E-state index in [4.69, 9.17) is 4.74 Å². The maximum Gasteiger partial charge on any atom is 0.415 e. The average molecular weight is 404 g/mol. The molecule has 7 nitrogen and oxygen atoms in total. The van der Waals surface area contributed by atoms with Crippen molar-refractivity contribution in [3.05, 3.63) is 48.7 Å². The maximum atomic E-state index is 13.3. The van der Waals surface area contributed by atoms with Crippen molar-refractivity contribution in [1.82, 2.24) is 8.96 Å². The monoisotopic (exact) mass is 403 g/mol. The lowest BCUT2D eigenvalue weighted by Crippen LogP contribution is -2.38. The van der Waals surface area contributed by atoms with Crippen molar-refractivity contribution in [2.45, 2.75) is 44.5 Å². The number of anilines is 1. The molecule has 2 aromatic heterocycles. The van der Waals surface area contributed by atoms with Gasteiger partial charge >= 0.3 is 6.09 Å². The molecule has 28 heavy (non-hydrogen) atoms. The molecule has 1 amide bonds. The number of amides is 1. The smallest absolute Gasteiger partial charge is 0.415 e. The molecule has 0 saturated carbocycles. The normalized spacial score (nSPS) is 19.8. The second-order valence-corrected chi connectivity index (χ2v) is 10.3. The van der Waals surface area contributed by atoms with Crippen molar-refractivity contribution in [2.75, 3.05) is 11.9 Å². The van der Waals surface area contributed by atoms with E-state index >= 15 is 0 Å². The quantitative estimate of drug-likeness (QED) is 0.777. The number of hydrogen-bond donors (Lipinski definition) is 0. The molecule has 1 unspecified atom stereocenters. The van der Waals surface area contributed by atoms with E-state index in [-0.39, 0.29) is 5.65 Å². The zero-order chi connectivity index (χ0) is 20.7. The maximum absolute atomic E-state index is 13.3. The third kappa shape index (κ3) is 3.56. The molecule has 0 spiro atoms. The van der Waals surface area contributed by atoms with Crippen LogP contribution in [0.3, 0.4) is 0 Å². The van der Waals surface area contributed by atoms with Gasteiger partial charge in [0.15, 0.2) is 5.65 Å². The summed E-state index contributed by atoms with van der Waals surface area (Å²) in [6.07, 6.45) is 8.40. The van der Waals surface area contributed by atoms with E-state index in [9.17, 15) is 13.2 Å². The van der Waals surface area contributed by atoms with Crippen molar-refractivity contribution >= 4 is 33.0 Å². The molecule has 0 N–H and O–H groups in total. The Kier molecular flexibility index (Phi) is 4.87. The molecule has 2 aromatic rings. The fourth-order valence-electron chi connectivity index (χ4n) is 2.90.